The van der Waals surface area contributed by atoms with Crippen molar-refractivity contribution in [3.05, 3.63) is 65.1 Å². The molecule has 0 spiro atoms. The Bertz CT molecular complexity index is 951. The van der Waals surface area contributed by atoms with Crippen molar-refractivity contribution in [3.8, 4) is 0 Å². The minimum Gasteiger partial charge on any atom is -0.305 e. The second-order valence-electron chi connectivity index (χ2n) is 5.26. The molecule has 3 aromatic rings. The number of imidazole rings is 1. The van der Waals surface area contributed by atoms with Gasteiger partial charge in [0, 0.05) is 25.4 Å². The first-order valence-corrected chi connectivity index (χ1v) is 9.00. The molecule has 3 rings (SSSR count). The lowest BCUT2D eigenvalue weighted by Gasteiger charge is -2.08. The monoisotopic (exact) mass is 349 g/mol. The van der Waals surface area contributed by atoms with Crippen LogP contribution >= 0.6 is 11.6 Å². The Kier molecular flexibility index (Phi) is 4.39. The molecule has 0 atom stereocenters. The van der Waals surface area contributed by atoms with Crippen LogP contribution in [0.4, 0.5) is 0 Å². The average Bonchev–Trinajstić information content (AvgIpc) is 2.89. The van der Waals surface area contributed by atoms with Crippen LogP contribution < -0.4 is 4.72 Å². The first-order valence-electron chi connectivity index (χ1n) is 7.14. The molecule has 23 heavy (non-hydrogen) atoms. The number of aryl methyl sites for hydroxylation is 1. The SMILES string of the molecule is Cc1ccccc1S(=O)(=O)NCCc1cn2cc(Cl)ccc2n1. The summed E-state index contributed by atoms with van der Waals surface area (Å²) in [6.45, 7) is 2.06. The molecule has 0 amide bonds. The van der Waals surface area contributed by atoms with Gasteiger partial charge in [0.05, 0.1) is 15.6 Å². The summed E-state index contributed by atoms with van der Waals surface area (Å²) in [4.78, 5) is 4.74. The van der Waals surface area contributed by atoms with Crippen LogP contribution in [0.5, 0.6) is 0 Å². The lowest BCUT2D eigenvalue weighted by molar-refractivity contribution is 0.581. The van der Waals surface area contributed by atoms with Crippen molar-refractivity contribution in [2.24, 2.45) is 0 Å². The average molecular weight is 350 g/mol. The number of hydrogen-bond acceptors (Lipinski definition) is 3. The molecule has 120 valence electrons. The molecule has 0 bridgehead atoms. The Labute approximate surface area is 140 Å². The van der Waals surface area contributed by atoms with Crippen molar-refractivity contribution in [2.75, 3.05) is 6.54 Å². The minimum atomic E-state index is -3.50. The lowest BCUT2D eigenvalue weighted by atomic mass is 10.2. The van der Waals surface area contributed by atoms with Crippen molar-refractivity contribution in [1.29, 1.82) is 0 Å². The molecule has 0 saturated carbocycles. The Morgan fingerprint density at radius 1 is 1.17 bits per heavy atom. The van der Waals surface area contributed by atoms with E-state index < -0.39 is 10.0 Å². The van der Waals surface area contributed by atoms with Gasteiger partial charge in [0.2, 0.25) is 10.0 Å². The van der Waals surface area contributed by atoms with Crippen LogP contribution in [0.3, 0.4) is 0 Å². The van der Waals surface area contributed by atoms with E-state index >= 15 is 0 Å². The fourth-order valence-electron chi connectivity index (χ4n) is 2.39. The first kappa shape index (κ1) is 16.0. The van der Waals surface area contributed by atoms with Crippen LogP contribution in [0.25, 0.3) is 5.65 Å². The second-order valence-corrected chi connectivity index (χ2v) is 7.43. The highest BCUT2D eigenvalue weighted by Gasteiger charge is 2.15. The van der Waals surface area contributed by atoms with Gasteiger partial charge in [0.1, 0.15) is 5.65 Å². The van der Waals surface area contributed by atoms with E-state index in [1.807, 2.05) is 22.7 Å². The molecule has 5 nitrogen and oxygen atoms in total. The van der Waals surface area contributed by atoms with Crippen LogP contribution in [0, 0.1) is 6.92 Å². The molecule has 0 saturated heterocycles. The van der Waals surface area contributed by atoms with Crippen LogP contribution in [0.1, 0.15) is 11.3 Å². The number of sulfonamides is 1. The quantitative estimate of drug-likeness (QED) is 0.770. The summed E-state index contributed by atoms with van der Waals surface area (Å²) >= 11 is 5.93. The smallest absolute Gasteiger partial charge is 0.240 e. The molecule has 2 heterocycles. The number of pyridine rings is 1. The predicted molar refractivity (Wildman–Crippen MR) is 90.3 cm³/mol. The van der Waals surface area contributed by atoms with E-state index in [9.17, 15) is 8.42 Å². The molecular formula is C16H16ClN3O2S. The molecule has 1 aromatic carbocycles. The van der Waals surface area contributed by atoms with Gasteiger partial charge in [0.25, 0.3) is 0 Å². The maximum Gasteiger partial charge on any atom is 0.240 e. The van der Waals surface area contributed by atoms with Gasteiger partial charge in [-0.15, -0.1) is 0 Å². The van der Waals surface area contributed by atoms with Gasteiger partial charge in [-0.2, -0.15) is 0 Å². The summed E-state index contributed by atoms with van der Waals surface area (Å²) in [5, 5.41) is 0.627. The lowest BCUT2D eigenvalue weighted by Crippen LogP contribution is -2.26. The van der Waals surface area contributed by atoms with Gasteiger partial charge in [0.15, 0.2) is 0 Å². The van der Waals surface area contributed by atoms with Crippen LogP contribution in [0.2, 0.25) is 5.02 Å². The number of rotatable bonds is 5. The van der Waals surface area contributed by atoms with Gasteiger partial charge < -0.3 is 4.40 Å². The number of fused-ring (bicyclic) bond motifs is 1. The topological polar surface area (TPSA) is 63.5 Å². The third-order valence-corrected chi connectivity index (χ3v) is 5.37. The zero-order valence-corrected chi connectivity index (χ0v) is 14.1. The third kappa shape index (κ3) is 3.55. The Morgan fingerprint density at radius 3 is 2.74 bits per heavy atom. The molecule has 0 fully saturated rings. The molecule has 0 aliphatic heterocycles. The summed E-state index contributed by atoms with van der Waals surface area (Å²) in [5.74, 6) is 0. The van der Waals surface area contributed by atoms with Crippen molar-refractivity contribution in [3.63, 3.8) is 0 Å². The molecule has 1 N–H and O–H groups in total. The summed E-state index contributed by atoms with van der Waals surface area (Å²) in [7, 11) is -3.50. The zero-order valence-electron chi connectivity index (χ0n) is 12.5. The highest BCUT2D eigenvalue weighted by Crippen LogP contribution is 2.14. The summed E-state index contributed by atoms with van der Waals surface area (Å²) in [6, 6.07) is 10.5. The number of nitrogens with zero attached hydrogens (tertiary/aromatic N) is 2. The van der Waals surface area contributed by atoms with Crippen LogP contribution in [-0.4, -0.2) is 24.3 Å². The Hall–Kier alpha value is -1.89. The zero-order chi connectivity index (χ0) is 16.4. The molecule has 0 radical (unpaired) electrons. The molecule has 2 aromatic heterocycles. The highest BCUT2D eigenvalue weighted by atomic mass is 35.5. The number of benzene rings is 1. The standard InChI is InChI=1S/C16H16ClN3O2S/c1-12-4-2-3-5-15(12)23(21,22)18-9-8-14-11-20-10-13(17)6-7-16(20)19-14/h2-7,10-11,18H,8-9H2,1H3. The normalized spacial score (nSPS) is 11.9. The highest BCUT2D eigenvalue weighted by molar-refractivity contribution is 7.89. The van der Waals surface area contributed by atoms with Crippen LogP contribution in [0.15, 0.2) is 53.7 Å². The van der Waals surface area contributed by atoms with Gasteiger partial charge in [-0.3, -0.25) is 0 Å². The van der Waals surface area contributed by atoms with Gasteiger partial charge in [-0.25, -0.2) is 18.1 Å². The van der Waals surface area contributed by atoms with Crippen molar-refractivity contribution in [2.45, 2.75) is 18.2 Å². The molecular weight excluding hydrogens is 334 g/mol. The number of hydrogen-bond donors (Lipinski definition) is 1. The fourth-order valence-corrected chi connectivity index (χ4v) is 3.83. The maximum atomic E-state index is 12.3. The van der Waals surface area contributed by atoms with Crippen molar-refractivity contribution in [1.82, 2.24) is 14.1 Å². The van der Waals surface area contributed by atoms with E-state index in [1.165, 1.54) is 0 Å². The first-order chi connectivity index (χ1) is 11.0. The predicted octanol–water partition coefficient (Wildman–Crippen LogP) is 2.82. The number of aromatic nitrogens is 2. The van der Waals surface area contributed by atoms with E-state index in [0.29, 0.717) is 16.3 Å². The maximum absolute atomic E-state index is 12.3. The van der Waals surface area contributed by atoms with E-state index in [2.05, 4.69) is 9.71 Å². The second kappa shape index (κ2) is 6.31. The summed E-state index contributed by atoms with van der Waals surface area (Å²) in [6.07, 6.45) is 4.12. The molecule has 7 heteroatoms. The third-order valence-electron chi connectivity index (χ3n) is 3.52. The Balaban J connectivity index is 1.69. The van der Waals surface area contributed by atoms with E-state index in [4.69, 9.17) is 11.6 Å². The summed E-state index contributed by atoms with van der Waals surface area (Å²) in [5.41, 5.74) is 2.31. The summed E-state index contributed by atoms with van der Waals surface area (Å²) < 4.78 is 29.1. The minimum absolute atomic E-state index is 0.286. The number of halogens is 1. The van der Waals surface area contributed by atoms with E-state index in [0.717, 1.165) is 16.9 Å². The Morgan fingerprint density at radius 2 is 1.96 bits per heavy atom. The van der Waals surface area contributed by atoms with Crippen LogP contribution in [-0.2, 0) is 16.4 Å². The van der Waals surface area contributed by atoms with Gasteiger partial charge in [-0.05, 0) is 30.7 Å². The largest absolute Gasteiger partial charge is 0.305 e. The molecule has 0 aliphatic rings. The molecule has 0 aliphatic carbocycles. The van der Waals surface area contributed by atoms with Gasteiger partial charge >= 0.3 is 0 Å². The van der Waals surface area contributed by atoms with Gasteiger partial charge in [-0.1, -0.05) is 29.8 Å². The van der Waals surface area contributed by atoms with E-state index in [1.54, 1.807) is 37.4 Å². The van der Waals surface area contributed by atoms with Crippen molar-refractivity contribution >= 4 is 27.3 Å². The van der Waals surface area contributed by atoms with E-state index in [-0.39, 0.29) is 6.54 Å². The number of nitrogens with one attached hydrogen (secondary N) is 1. The van der Waals surface area contributed by atoms with Crippen molar-refractivity contribution < 1.29 is 8.42 Å². The molecule has 0 unspecified atom stereocenters. The fraction of sp³-hybridized carbons (Fsp3) is 0.188.